The minimum Gasteiger partial charge on any atom is -0.0701 e. The standard InChI is InChI=1S/C16H30/c1-12(13-9-10-13)16(8,15(5,6)7)11-14(2,3)4/h9-11H2,1-8H3. The highest BCUT2D eigenvalue weighted by molar-refractivity contribution is 5.30. The molecule has 16 heavy (non-hydrogen) atoms. The number of allylic oxidation sites excluding steroid dienone is 2. The summed E-state index contributed by atoms with van der Waals surface area (Å²) in [5, 5.41) is 0. The molecule has 0 aromatic heterocycles. The lowest BCUT2D eigenvalue weighted by molar-refractivity contribution is 0.0917. The first-order chi connectivity index (χ1) is 6.97. The molecule has 1 saturated carbocycles. The zero-order valence-corrected chi connectivity index (χ0v) is 12.6. The van der Waals surface area contributed by atoms with Gasteiger partial charge in [0.25, 0.3) is 0 Å². The summed E-state index contributed by atoms with van der Waals surface area (Å²) in [6, 6.07) is 0. The van der Waals surface area contributed by atoms with Gasteiger partial charge in [-0.3, -0.25) is 0 Å². The molecular formula is C16H30. The molecule has 0 aliphatic heterocycles. The molecule has 0 bridgehead atoms. The second-order valence-corrected chi connectivity index (χ2v) is 8.05. The van der Waals surface area contributed by atoms with Crippen LogP contribution in [0.3, 0.4) is 0 Å². The maximum Gasteiger partial charge on any atom is -0.00630 e. The van der Waals surface area contributed by atoms with Crippen LogP contribution in [-0.2, 0) is 0 Å². The summed E-state index contributed by atoms with van der Waals surface area (Å²) in [4.78, 5) is 0. The van der Waals surface area contributed by atoms with Crippen LogP contribution in [0.25, 0.3) is 0 Å². The normalized spacial score (nSPS) is 20.6. The Bertz CT molecular complexity index is 287. The highest BCUT2D eigenvalue weighted by Crippen LogP contribution is 2.54. The van der Waals surface area contributed by atoms with Crippen molar-refractivity contribution in [2.45, 2.75) is 74.7 Å². The first-order valence-electron chi connectivity index (χ1n) is 6.66. The van der Waals surface area contributed by atoms with Gasteiger partial charge in [-0.2, -0.15) is 0 Å². The maximum atomic E-state index is 2.47. The fourth-order valence-corrected chi connectivity index (χ4v) is 2.85. The van der Waals surface area contributed by atoms with Crippen molar-refractivity contribution in [3.8, 4) is 0 Å². The monoisotopic (exact) mass is 222 g/mol. The lowest BCUT2D eigenvalue weighted by Gasteiger charge is -2.47. The van der Waals surface area contributed by atoms with Crippen molar-refractivity contribution in [3.05, 3.63) is 11.1 Å². The third-order valence-electron chi connectivity index (χ3n) is 4.40. The third kappa shape index (κ3) is 2.90. The van der Waals surface area contributed by atoms with E-state index in [9.17, 15) is 0 Å². The van der Waals surface area contributed by atoms with Gasteiger partial charge in [0.15, 0.2) is 0 Å². The van der Waals surface area contributed by atoms with Gasteiger partial charge < -0.3 is 0 Å². The van der Waals surface area contributed by atoms with E-state index >= 15 is 0 Å². The van der Waals surface area contributed by atoms with Gasteiger partial charge in [-0.1, -0.05) is 59.6 Å². The van der Waals surface area contributed by atoms with Gasteiger partial charge in [-0.15, -0.1) is 0 Å². The third-order valence-corrected chi connectivity index (χ3v) is 4.40. The Morgan fingerprint density at radius 2 is 1.38 bits per heavy atom. The highest BCUT2D eigenvalue weighted by atomic mass is 14.5. The van der Waals surface area contributed by atoms with Gasteiger partial charge in [0.05, 0.1) is 0 Å². The minimum absolute atomic E-state index is 0.344. The predicted molar refractivity (Wildman–Crippen MR) is 73.6 cm³/mol. The molecule has 1 rings (SSSR count). The second kappa shape index (κ2) is 3.89. The van der Waals surface area contributed by atoms with Crippen molar-refractivity contribution in [1.29, 1.82) is 0 Å². The van der Waals surface area contributed by atoms with Gasteiger partial charge in [-0.25, -0.2) is 0 Å². The Balaban J connectivity index is 3.08. The van der Waals surface area contributed by atoms with E-state index in [-0.39, 0.29) is 0 Å². The number of rotatable bonds is 2. The summed E-state index contributed by atoms with van der Waals surface area (Å²) in [5.74, 6) is 0. The Morgan fingerprint density at radius 3 is 1.62 bits per heavy atom. The van der Waals surface area contributed by atoms with Crippen LogP contribution in [-0.4, -0.2) is 0 Å². The van der Waals surface area contributed by atoms with Crippen LogP contribution in [0.15, 0.2) is 11.1 Å². The largest absolute Gasteiger partial charge is 0.0701 e. The fraction of sp³-hybridized carbons (Fsp3) is 0.875. The average Bonchev–Trinajstić information content (AvgIpc) is 2.79. The Labute approximate surface area is 103 Å². The van der Waals surface area contributed by atoms with Crippen LogP contribution in [0.4, 0.5) is 0 Å². The number of hydrogen-bond donors (Lipinski definition) is 0. The average molecular weight is 222 g/mol. The first-order valence-corrected chi connectivity index (χ1v) is 6.66. The van der Waals surface area contributed by atoms with E-state index in [1.54, 1.807) is 11.1 Å². The Morgan fingerprint density at radius 1 is 0.938 bits per heavy atom. The van der Waals surface area contributed by atoms with E-state index in [2.05, 4.69) is 55.4 Å². The highest BCUT2D eigenvalue weighted by Gasteiger charge is 2.43. The second-order valence-electron chi connectivity index (χ2n) is 8.05. The molecule has 0 radical (unpaired) electrons. The summed E-state index contributed by atoms with van der Waals surface area (Å²) >= 11 is 0. The van der Waals surface area contributed by atoms with E-state index in [0.717, 1.165) is 0 Å². The first kappa shape index (κ1) is 13.8. The molecule has 1 unspecified atom stereocenters. The Kier molecular flexibility index (Phi) is 3.36. The molecule has 1 atom stereocenters. The van der Waals surface area contributed by atoms with Crippen LogP contribution in [0.2, 0.25) is 0 Å². The Hall–Kier alpha value is -0.260. The van der Waals surface area contributed by atoms with E-state index in [1.807, 2.05) is 0 Å². The minimum atomic E-state index is 0.344. The smallest absolute Gasteiger partial charge is 0.00630 e. The van der Waals surface area contributed by atoms with Crippen molar-refractivity contribution in [2.75, 3.05) is 0 Å². The van der Waals surface area contributed by atoms with E-state index < -0.39 is 0 Å². The van der Waals surface area contributed by atoms with Crippen LogP contribution in [0.5, 0.6) is 0 Å². The SMILES string of the molecule is CC(=C1CC1)C(C)(CC(C)(C)C)C(C)(C)C. The molecule has 0 saturated heterocycles. The molecule has 1 aliphatic carbocycles. The van der Waals surface area contributed by atoms with Gasteiger partial charge in [-0.05, 0) is 42.4 Å². The molecule has 1 aliphatic rings. The van der Waals surface area contributed by atoms with Crippen LogP contribution >= 0.6 is 0 Å². The molecule has 0 heterocycles. The zero-order chi connectivity index (χ0) is 12.8. The summed E-state index contributed by atoms with van der Waals surface area (Å²) in [6.45, 7) is 19.1. The molecule has 0 nitrogen and oxygen atoms in total. The molecule has 94 valence electrons. The molecule has 0 aromatic rings. The topological polar surface area (TPSA) is 0 Å². The fourth-order valence-electron chi connectivity index (χ4n) is 2.85. The van der Waals surface area contributed by atoms with Crippen LogP contribution in [0, 0.1) is 16.2 Å². The summed E-state index contributed by atoms with van der Waals surface area (Å²) < 4.78 is 0. The van der Waals surface area contributed by atoms with Gasteiger partial charge in [0.2, 0.25) is 0 Å². The molecular weight excluding hydrogens is 192 g/mol. The lowest BCUT2D eigenvalue weighted by Crippen LogP contribution is -2.37. The zero-order valence-electron chi connectivity index (χ0n) is 12.6. The van der Waals surface area contributed by atoms with Gasteiger partial charge >= 0.3 is 0 Å². The van der Waals surface area contributed by atoms with Crippen molar-refractivity contribution >= 4 is 0 Å². The van der Waals surface area contributed by atoms with Crippen LogP contribution < -0.4 is 0 Å². The summed E-state index contributed by atoms with van der Waals surface area (Å²) in [6.07, 6.45) is 3.97. The van der Waals surface area contributed by atoms with E-state index in [1.165, 1.54) is 19.3 Å². The predicted octanol–water partition coefficient (Wildman–Crippen LogP) is 5.59. The van der Waals surface area contributed by atoms with Gasteiger partial charge in [0, 0.05) is 0 Å². The van der Waals surface area contributed by atoms with Crippen LogP contribution in [0.1, 0.15) is 74.7 Å². The van der Waals surface area contributed by atoms with Crippen molar-refractivity contribution in [3.63, 3.8) is 0 Å². The molecule has 0 N–H and O–H groups in total. The lowest BCUT2D eigenvalue weighted by atomic mass is 9.58. The van der Waals surface area contributed by atoms with E-state index in [0.29, 0.717) is 16.2 Å². The molecule has 1 fully saturated rings. The maximum absolute atomic E-state index is 2.47. The molecule has 0 amide bonds. The van der Waals surface area contributed by atoms with Crippen molar-refractivity contribution in [2.24, 2.45) is 16.2 Å². The summed E-state index contributed by atoms with van der Waals surface area (Å²) in [7, 11) is 0. The molecule has 0 aromatic carbocycles. The molecule has 0 heteroatoms. The summed E-state index contributed by atoms with van der Waals surface area (Å²) in [5.41, 5.74) is 4.49. The van der Waals surface area contributed by atoms with Crippen molar-refractivity contribution in [1.82, 2.24) is 0 Å². The number of hydrogen-bond acceptors (Lipinski definition) is 0. The van der Waals surface area contributed by atoms with E-state index in [4.69, 9.17) is 0 Å². The van der Waals surface area contributed by atoms with Gasteiger partial charge in [0.1, 0.15) is 0 Å². The van der Waals surface area contributed by atoms with Crippen molar-refractivity contribution < 1.29 is 0 Å². The quantitative estimate of drug-likeness (QED) is 0.535. The molecule has 0 spiro atoms.